The van der Waals surface area contributed by atoms with Gasteiger partial charge in [0.25, 0.3) is 0 Å². The van der Waals surface area contributed by atoms with Crippen molar-refractivity contribution in [3.8, 4) is 0 Å². The Bertz CT molecular complexity index is 489. The minimum Gasteiger partial charge on any atom is -0.420 e. The summed E-state index contributed by atoms with van der Waals surface area (Å²) in [5, 5.41) is 13.5. The van der Waals surface area contributed by atoms with Crippen LogP contribution in [0.3, 0.4) is 0 Å². The van der Waals surface area contributed by atoms with Crippen molar-refractivity contribution in [2.24, 2.45) is 0 Å². The normalized spacial score (nSPS) is 14.3. The second-order valence-corrected chi connectivity index (χ2v) is 3.30. The first-order chi connectivity index (χ1) is 7.34. The van der Waals surface area contributed by atoms with Crippen molar-refractivity contribution >= 4 is 18.1 Å². The second kappa shape index (κ2) is 3.13. The SMILES string of the molecule is Fc1ccc2c(c1)COB2c1nn[nH]n1. The number of nitrogens with one attached hydrogen (secondary N) is 1. The van der Waals surface area contributed by atoms with Gasteiger partial charge in [0.05, 0.1) is 6.61 Å². The molecule has 0 atom stereocenters. The number of aromatic nitrogens is 4. The summed E-state index contributed by atoms with van der Waals surface area (Å²) in [6, 6.07) is 4.56. The maximum absolute atomic E-state index is 12.9. The van der Waals surface area contributed by atoms with E-state index in [1.165, 1.54) is 12.1 Å². The molecule has 1 N–H and O–H groups in total. The number of aromatic amines is 1. The average Bonchev–Trinajstić information content (AvgIpc) is 2.82. The fraction of sp³-hybridized carbons (Fsp3) is 0.125. The van der Waals surface area contributed by atoms with Crippen molar-refractivity contribution in [1.29, 1.82) is 0 Å². The van der Waals surface area contributed by atoms with E-state index in [1.807, 2.05) is 0 Å². The summed E-state index contributed by atoms with van der Waals surface area (Å²) in [5.41, 5.74) is 2.21. The van der Waals surface area contributed by atoms with E-state index in [1.54, 1.807) is 6.07 Å². The third-order valence-electron chi connectivity index (χ3n) is 2.39. The topological polar surface area (TPSA) is 63.7 Å². The molecule has 1 aliphatic rings. The van der Waals surface area contributed by atoms with Crippen molar-refractivity contribution in [2.45, 2.75) is 6.61 Å². The number of halogens is 1. The van der Waals surface area contributed by atoms with Gasteiger partial charge in [0, 0.05) is 0 Å². The predicted molar refractivity (Wildman–Crippen MR) is 50.4 cm³/mol. The monoisotopic (exact) mass is 204 g/mol. The fourth-order valence-corrected chi connectivity index (χ4v) is 1.71. The number of hydrogen-bond acceptors (Lipinski definition) is 4. The van der Waals surface area contributed by atoms with Crippen LogP contribution in [0.2, 0.25) is 0 Å². The summed E-state index contributed by atoms with van der Waals surface area (Å²) >= 11 is 0. The summed E-state index contributed by atoms with van der Waals surface area (Å²) in [7, 11) is 0. The minimum atomic E-state index is -0.334. The quantitative estimate of drug-likeness (QED) is 0.603. The van der Waals surface area contributed by atoms with Gasteiger partial charge in [0.2, 0.25) is 0 Å². The van der Waals surface area contributed by atoms with E-state index in [2.05, 4.69) is 20.6 Å². The van der Waals surface area contributed by atoms with Crippen LogP contribution in [-0.4, -0.2) is 27.5 Å². The Morgan fingerprint density at radius 3 is 3.20 bits per heavy atom. The Kier molecular flexibility index (Phi) is 1.78. The van der Waals surface area contributed by atoms with Gasteiger partial charge in [0.1, 0.15) is 5.82 Å². The van der Waals surface area contributed by atoms with Crippen LogP contribution < -0.4 is 11.2 Å². The Morgan fingerprint density at radius 2 is 2.40 bits per heavy atom. The van der Waals surface area contributed by atoms with Gasteiger partial charge in [-0.2, -0.15) is 5.21 Å². The van der Waals surface area contributed by atoms with E-state index < -0.39 is 0 Å². The highest BCUT2D eigenvalue weighted by atomic mass is 19.1. The Hall–Kier alpha value is -1.76. The molecule has 0 saturated heterocycles. The molecule has 0 amide bonds. The number of hydrogen-bond donors (Lipinski definition) is 1. The number of fused-ring (bicyclic) bond motifs is 1. The van der Waals surface area contributed by atoms with Crippen molar-refractivity contribution in [2.75, 3.05) is 0 Å². The molecule has 0 aliphatic carbocycles. The first kappa shape index (κ1) is 8.54. The van der Waals surface area contributed by atoms with Crippen LogP contribution in [0.1, 0.15) is 5.56 Å². The summed E-state index contributed by atoms with van der Waals surface area (Å²) in [6.45, 7) is 0.0473. The lowest BCUT2D eigenvalue weighted by Crippen LogP contribution is -2.43. The standard InChI is InChI=1S/C8H6BFN4O/c10-6-1-2-7-5(3-6)4-15-9(7)8-11-13-14-12-8/h1-3H,4H2,(H,11,12,13,14). The molecular formula is C8H6BFN4O. The fourth-order valence-electron chi connectivity index (χ4n) is 1.71. The molecule has 1 aromatic heterocycles. The summed E-state index contributed by atoms with van der Waals surface area (Å²) < 4.78 is 18.4. The second-order valence-electron chi connectivity index (χ2n) is 3.30. The molecular weight excluding hydrogens is 198 g/mol. The molecule has 3 rings (SSSR count). The van der Waals surface area contributed by atoms with Crippen LogP contribution in [0, 0.1) is 5.82 Å². The van der Waals surface area contributed by atoms with Crippen LogP contribution in [0.15, 0.2) is 18.2 Å². The van der Waals surface area contributed by atoms with Crippen molar-refractivity contribution in [1.82, 2.24) is 20.6 Å². The molecule has 0 unspecified atom stereocenters. The van der Waals surface area contributed by atoms with E-state index in [0.717, 1.165) is 11.0 Å². The zero-order valence-electron chi connectivity index (χ0n) is 7.64. The molecule has 0 saturated carbocycles. The van der Waals surface area contributed by atoms with Crippen molar-refractivity contribution < 1.29 is 9.04 Å². The van der Waals surface area contributed by atoms with E-state index in [9.17, 15) is 4.39 Å². The minimum absolute atomic E-state index is 0.258. The molecule has 1 aromatic carbocycles. The summed E-state index contributed by atoms with van der Waals surface area (Å²) in [4.78, 5) is 0. The van der Waals surface area contributed by atoms with Gasteiger partial charge in [-0.05, 0) is 23.2 Å². The number of rotatable bonds is 1. The number of nitrogens with zero attached hydrogens (tertiary/aromatic N) is 3. The number of tetrazole rings is 1. The lowest BCUT2D eigenvalue weighted by molar-refractivity contribution is 0.335. The zero-order valence-corrected chi connectivity index (χ0v) is 7.64. The third kappa shape index (κ3) is 1.32. The third-order valence-corrected chi connectivity index (χ3v) is 2.39. The van der Waals surface area contributed by atoms with Gasteiger partial charge in [-0.3, -0.25) is 0 Å². The van der Waals surface area contributed by atoms with E-state index in [-0.39, 0.29) is 12.7 Å². The van der Waals surface area contributed by atoms with Gasteiger partial charge in [-0.25, -0.2) is 4.39 Å². The largest absolute Gasteiger partial charge is 0.420 e. The molecule has 0 fully saturated rings. The molecule has 0 radical (unpaired) electrons. The molecule has 1 aliphatic heterocycles. The van der Waals surface area contributed by atoms with Crippen molar-refractivity contribution in [3.63, 3.8) is 0 Å². The highest BCUT2D eigenvalue weighted by Gasteiger charge is 2.33. The number of H-pyrrole nitrogens is 1. The van der Waals surface area contributed by atoms with Crippen LogP contribution in [0.4, 0.5) is 4.39 Å². The van der Waals surface area contributed by atoms with Gasteiger partial charge in [-0.1, -0.05) is 11.3 Å². The molecule has 74 valence electrons. The van der Waals surface area contributed by atoms with Gasteiger partial charge in [-0.15, -0.1) is 10.2 Å². The lowest BCUT2D eigenvalue weighted by Gasteiger charge is -1.99. The Morgan fingerprint density at radius 1 is 1.47 bits per heavy atom. The number of benzene rings is 1. The first-order valence-electron chi connectivity index (χ1n) is 4.48. The van der Waals surface area contributed by atoms with Crippen LogP contribution in [0.5, 0.6) is 0 Å². The Balaban J connectivity index is 2.05. The molecule has 5 nitrogen and oxygen atoms in total. The maximum Gasteiger partial charge on any atom is 0.410 e. The highest BCUT2D eigenvalue weighted by molar-refractivity contribution is 6.79. The zero-order chi connectivity index (χ0) is 10.3. The molecule has 2 aromatic rings. The van der Waals surface area contributed by atoms with Crippen LogP contribution in [0.25, 0.3) is 0 Å². The van der Waals surface area contributed by atoms with Crippen LogP contribution >= 0.6 is 0 Å². The summed E-state index contributed by atoms with van der Waals surface area (Å²) in [6.07, 6.45) is 0. The van der Waals surface area contributed by atoms with E-state index in [4.69, 9.17) is 4.65 Å². The molecule has 2 heterocycles. The summed E-state index contributed by atoms with van der Waals surface area (Å²) in [5.74, 6) is -0.258. The Labute approximate surface area is 84.8 Å². The molecule has 7 heteroatoms. The van der Waals surface area contributed by atoms with Gasteiger partial charge >= 0.3 is 6.92 Å². The molecule has 0 spiro atoms. The average molecular weight is 204 g/mol. The highest BCUT2D eigenvalue weighted by Crippen LogP contribution is 2.11. The smallest absolute Gasteiger partial charge is 0.410 e. The van der Waals surface area contributed by atoms with Gasteiger partial charge < -0.3 is 4.65 Å². The molecule has 0 bridgehead atoms. The predicted octanol–water partition coefficient (Wildman–Crippen LogP) is -1.03. The first-order valence-corrected chi connectivity index (χ1v) is 4.48. The lowest BCUT2D eigenvalue weighted by atomic mass is 9.61. The maximum atomic E-state index is 12.9. The van der Waals surface area contributed by atoms with E-state index >= 15 is 0 Å². The van der Waals surface area contributed by atoms with E-state index in [0.29, 0.717) is 12.3 Å². The van der Waals surface area contributed by atoms with Crippen LogP contribution in [-0.2, 0) is 11.3 Å². The van der Waals surface area contributed by atoms with Gasteiger partial charge in [0.15, 0.2) is 5.72 Å². The van der Waals surface area contributed by atoms with Crippen molar-refractivity contribution in [3.05, 3.63) is 29.6 Å². The molecule has 15 heavy (non-hydrogen) atoms.